The summed E-state index contributed by atoms with van der Waals surface area (Å²) in [5.41, 5.74) is 1.93. The summed E-state index contributed by atoms with van der Waals surface area (Å²) < 4.78 is 0. The third-order valence-electron chi connectivity index (χ3n) is 5.03. The molecule has 0 aliphatic heterocycles. The van der Waals surface area contributed by atoms with Crippen LogP contribution in [-0.2, 0) is 17.6 Å². The van der Waals surface area contributed by atoms with E-state index in [2.05, 4.69) is 20.6 Å². The highest BCUT2D eigenvalue weighted by molar-refractivity contribution is 5.94. The minimum absolute atomic E-state index is 0.0957. The van der Waals surface area contributed by atoms with Crippen LogP contribution in [0.3, 0.4) is 0 Å². The number of hydrogen-bond acceptors (Lipinski definition) is 5. The molecule has 0 saturated carbocycles. The van der Waals surface area contributed by atoms with E-state index >= 15 is 0 Å². The highest BCUT2D eigenvalue weighted by Gasteiger charge is 2.28. The van der Waals surface area contributed by atoms with Crippen molar-refractivity contribution in [3.05, 3.63) is 99.7 Å². The molecule has 3 rings (SSSR count). The highest BCUT2D eigenvalue weighted by atomic mass is 16.3. The highest BCUT2D eigenvalue weighted by Crippen LogP contribution is 2.09. The normalized spacial score (nSPS) is 12.6. The summed E-state index contributed by atoms with van der Waals surface area (Å²) in [6.07, 6.45) is 0.934. The van der Waals surface area contributed by atoms with Crippen LogP contribution in [0.2, 0.25) is 0 Å². The van der Waals surface area contributed by atoms with Crippen LogP contribution in [0.5, 0.6) is 0 Å². The number of aliphatic hydroxyl groups is 1. The minimum Gasteiger partial charge on any atom is -0.381 e. The van der Waals surface area contributed by atoms with E-state index in [-0.39, 0.29) is 12.1 Å². The monoisotopic (exact) mass is 434 g/mol. The molecular weight excluding hydrogens is 408 g/mol. The van der Waals surface area contributed by atoms with E-state index in [1.165, 1.54) is 6.07 Å². The lowest BCUT2D eigenvalue weighted by atomic mass is 10.00. The van der Waals surface area contributed by atoms with E-state index in [0.29, 0.717) is 18.5 Å². The molecule has 1 unspecified atom stereocenters. The molecule has 4 N–H and O–H groups in total. The lowest BCUT2D eigenvalue weighted by Gasteiger charge is -2.24. The average Bonchev–Trinajstić information content (AvgIpc) is 2.81. The van der Waals surface area contributed by atoms with Crippen LogP contribution in [0.25, 0.3) is 0 Å². The number of aromatic nitrogens is 2. The van der Waals surface area contributed by atoms with Crippen LogP contribution in [0.1, 0.15) is 27.3 Å². The number of H-pyrrole nitrogens is 1. The first-order valence-electron chi connectivity index (χ1n) is 10.3. The van der Waals surface area contributed by atoms with E-state index < -0.39 is 29.5 Å². The molecule has 2 aromatic heterocycles. The predicted molar refractivity (Wildman–Crippen MR) is 120 cm³/mol. The summed E-state index contributed by atoms with van der Waals surface area (Å²) in [5.74, 6) is -1.16. The SMILES string of the molecule is Cc1ccc(=O)[nH]c1C(=O)N[C@@H](Cc1ccccc1)C(O)C(=O)NCCc1ccccn1. The van der Waals surface area contributed by atoms with Gasteiger partial charge in [-0.05, 0) is 36.6 Å². The zero-order valence-electron chi connectivity index (χ0n) is 17.7. The number of pyridine rings is 2. The summed E-state index contributed by atoms with van der Waals surface area (Å²) in [4.78, 5) is 43.8. The molecule has 3 aromatic rings. The minimum atomic E-state index is -1.49. The van der Waals surface area contributed by atoms with Gasteiger partial charge in [-0.3, -0.25) is 19.4 Å². The van der Waals surface area contributed by atoms with Crippen LogP contribution in [0.4, 0.5) is 0 Å². The molecule has 0 radical (unpaired) electrons. The number of rotatable bonds is 9. The molecule has 8 nitrogen and oxygen atoms in total. The zero-order valence-corrected chi connectivity index (χ0v) is 17.7. The summed E-state index contributed by atoms with van der Waals surface area (Å²) in [7, 11) is 0. The molecule has 2 heterocycles. The van der Waals surface area contributed by atoms with Crippen LogP contribution in [0.15, 0.2) is 71.7 Å². The second-order valence-electron chi connectivity index (χ2n) is 7.46. The summed E-state index contributed by atoms with van der Waals surface area (Å²) in [5, 5.41) is 16.1. The molecular formula is C24H26N4O4. The fraction of sp³-hybridized carbons (Fsp3) is 0.250. The number of carbonyl (C=O) groups is 2. The molecule has 0 fully saturated rings. The van der Waals surface area contributed by atoms with Gasteiger partial charge in [0, 0.05) is 30.9 Å². The Labute approximate surface area is 185 Å². The Balaban J connectivity index is 1.71. The first-order valence-corrected chi connectivity index (χ1v) is 10.3. The van der Waals surface area contributed by atoms with Crippen molar-refractivity contribution in [3.8, 4) is 0 Å². The van der Waals surface area contributed by atoms with Gasteiger partial charge in [-0.15, -0.1) is 0 Å². The average molecular weight is 434 g/mol. The maximum atomic E-state index is 12.8. The molecule has 166 valence electrons. The number of nitrogens with zero attached hydrogens (tertiary/aromatic N) is 1. The largest absolute Gasteiger partial charge is 0.381 e. The lowest BCUT2D eigenvalue weighted by molar-refractivity contribution is -0.130. The molecule has 0 spiro atoms. The number of carbonyl (C=O) groups excluding carboxylic acids is 2. The second-order valence-corrected chi connectivity index (χ2v) is 7.46. The molecule has 0 saturated heterocycles. The van der Waals surface area contributed by atoms with E-state index in [4.69, 9.17) is 0 Å². The fourth-order valence-corrected chi connectivity index (χ4v) is 3.28. The number of benzene rings is 1. The molecule has 0 aliphatic rings. The van der Waals surface area contributed by atoms with Gasteiger partial charge in [0.25, 0.3) is 11.8 Å². The Morgan fingerprint density at radius 1 is 1.06 bits per heavy atom. The zero-order chi connectivity index (χ0) is 22.9. The van der Waals surface area contributed by atoms with Gasteiger partial charge < -0.3 is 20.7 Å². The van der Waals surface area contributed by atoms with Gasteiger partial charge in [-0.1, -0.05) is 42.5 Å². The third kappa shape index (κ3) is 6.36. The number of amides is 2. The number of aromatic amines is 1. The molecule has 0 aliphatic carbocycles. The van der Waals surface area contributed by atoms with Gasteiger partial charge in [0.05, 0.1) is 6.04 Å². The Bertz CT molecular complexity index is 1100. The van der Waals surface area contributed by atoms with Gasteiger partial charge in [-0.25, -0.2) is 0 Å². The van der Waals surface area contributed by atoms with E-state index in [9.17, 15) is 19.5 Å². The molecule has 0 bridgehead atoms. The van der Waals surface area contributed by atoms with Crippen molar-refractivity contribution in [2.24, 2.45) is 0 Å². The van der Waals surface area contributed by atoms with Crippen LogP contribution in [0, 0.1) is 6.92 Å². The van der Waals surface area contributed by atoms with Gasteiger partial charge in [0.2, 0.25) is 5.56 Å². The van der Waals surface area contributed by atoms with E-state index in [1.807, 2.05) is 48.5 Å². The Morgan fingerprint density at radius 2 is 1.81 bits per heavy atom. The second kappa shape index (κ2) is 11.0. The maximum absolute atomic E-state index is 12.8. The summed E-state index contributed by atoms with van der Waals surface area (Å²) in [6.45, 7) is 1.99. The Morgan fingerprint density at radius 3 is 2.53 bits per heavy atom. The van der Waals surface area contributed by atoms with Crippen molar-refractivity contribution in [2.75, 3.05) is 6.54 Å². The lowest BCUT2D eigenvalue weighted by Crippen LogP contribution is -2.52. The van der Waals surface area contributed by atoms with E-state index in [1.54, 1.807) is 19.2 Å². The Hall–Kier alpha value is -3.78. The van der Waals surface area contributed by atoms with Crippen molar-refractivity contribution >= 4 is 11.8 Å². The van der Waals surface area contributed by atoms with Crippen LogP contribution >= 0.6 is 0 Å². The number of aryl methyl sites for hydroxylation is 1. The van der Waals surface area contributed by atoms with Gasteiger partial charge in [0.1, 0.15) is 5.69 Å². The molecule has 32 heavy (non-hydrogen) atoms. The number of aliphatic hydroxyl groups excluding tert-OH is 1. The summed E-state index contributed by atoms with van der Waals surface area (Å²) >= 11 is 0. The number of nitrogens with one attached hydrogen (secondary N) is 3. The Kier molecular flexibility index (Phi) is 7.88. The maximum Gasteiger partial charge on any atom is 0.268 e. The predicted octanol–water partition coefficient (Wildman–Crippen LogP) is 1.14. The van der Waals surface area contributed by atoms with E-state index in [0.717, 1.165) is 11.3 Å². The molecule has 8 heteroatoms. The van der Waals surface area contributed by atoms with Gasteiger partial charge in [-0.2, -0.15) is 0 Å². The first-order chi connectivity index (χ1) is 15.4. The standard InChI is InChI=1S/C24H26N4O4/c1-16-10-11-20(29)28-21(16)23(31)27-19(15-17-7-3-2-4-8-17)22(30)24(32)26-14-12-18-9-5-6-13-25-18/h2-11,13,19,22,30H,12,14-15H2,1H3,(H,26,32)(H,27,31)(H,28,29)/t19-,22?/m0/s1. The molecule has 2 atom stereocenters. The quantitative estimate of drug-likeness (QED) is 0.402. The van der Waals surface area contributed by atoms with Crippen LogP contribution < -0.4 is 16.2 Å². The number of hydrogen-bond donors (Lipinski definition) is 4. The third-order valence-corrected chi connectivity index (χ3v) is 5.03. The van der Waals surface area contributed by atoms with Crippen molar-refractivity contribution < 1.29 is 14.7 Å². The van der Waals surface area contributed by atoms with Crippen molar-refractivity contribution in [1.82, 2.24) is 20.6 Å². The van der Waals surface area contributed by atoms with Crippen LogP contribution in [-0.4, -0.2) is 45.6 Å². The van der Waals surface area contributed by atoms with Gasteiger partial charge >= 0.3 is 0 Å². The van der Waals surface area contributed by atoms with Crippen molar-refractivity contribution in [1.29, 1.82) is 0 Å². The summed E-state index contributed by atoms with van der Waals surface area (Å²) in [6, 6.07) is 16.7. The molecule has 2 amide bonds. The van der Waals surface area contributed by atoms with Gasteiger partial charge in [0.15, 0.2) is 6.10 Å². The topological polar surface area (TPSA) is 124 Å². The first kappa shape index (κ1) is 22.9. The van der Waals surface area contributed by atoms with Crippen molar-refractivity contribution in [3.63, 3.8) is 0 Å². The molecule has 1 aromatic carbocycles. The fourth-order valence-electron chi connectivity index (χ4n) is 3.28. The smallest absolute Gasteiger partial charge is 0.268 e. The van der Waals surface area contributed by atoms with Crippen molar-refractivity contribution in [2.45, 2.75) is 31.9 Å².